The van der Waals surface area contributed by atoms with E-state index >= 15 is 0 Å². The fraction of sp³-hybridized carbons (Fsp3) is 0.500. The number of hydrogen-bond donors (Lipinski definition) is 2. The lowest BCUT2D eigenvalue weighted by molar-refractivity contribution is 0.0937. The number of nitrogens with one attached hydrogen (secondary N) is 1. The number of aromatic nitrogens is 1. The number of nitrogens with zero attached hydrogens (tertiary/aromatic N) is 1. The molecule has 1 aromatic rings. The number of methoxy groups -OCH3 is 1. The third kappa shape index (κ3) is 4.28. The molecule has 5 heteroatoms. The summed E-state index contributed by atoms with van der Waals surface area (Å²) in [4.78, 5) is 16.2. The minimum Gasteiger partial charge on any atom is -0.385 e. The van der Waals surface area contributed by atoms with Crippen molar-refractivity contribution in [1.29, 1.82) is 0 Å². The van der Waals surface area contributed by atoms with Gasteiger partial charge in [0.1, 0.15) is 6.61 Å². The first kappa shape index (κ1) is 15.5. The van der Waals surface area contributed by atoms with E-state index in [1.54, 1.807) is 19.4 Å². The van der Waals surface area contributed by atoms with E-state index in [2.05, 4.69) is 22.1 Å². The van der Waals surface area contributed by atoms with Gasteiger partial charge in [0.25, 0.3) is 5.91 Å². The standard InChI is InChI=1S/C16H20N2O3/c1-21-10-7-16(5-6-16)12-18-15(20)14-4-8-17-11-13(14)3-2-9-19/h4,8,11,19H,5-7,9-10,12H2,1H3,(H,18,20). The SMILES string of the molecule is COCCC1(CNC(=O)c2ccncc2C#CCO)CC1. The lowest BCUT2D eigenvalue weighted by Crippen LogP contribution is -2.31. The zero-order valence-corrected chi connectivity index (χ0v) is 12.2. The van der Waals surface area contributed by atoms with E-state index in [1.165, 1.54) is 6.20 Å². The van der Waals surface area contributed by atoms with Crippen LogP contribution in [0.3, 0.4) is 0 Å². The second kappa shape index (κ2) is 7.21. The summed E-state index contributed by atoms with van der Waals surface area (Å²) in [6, 6.07) is 1.64. The summed E-state index contributed by atoms with van der Waals surface area (Å²) in [5.41, 5.74) is 1.23. The summed E-state index contributed by atoms with van der Waals surface area (Å²) in [7, 11) is 1.69. The molecule has 0 spiro atoms. The summed E-state index contributed by atoms with van der Waals surface area (Å²) in [6.07, 6.45) is 6.33. The zero-order chi connectivity index (χ0) is 15.1. The van der Waals surface area contributed by atoms with Gasteiger partial charge in [-0.05, 0) is 30.7 Å². The first-order chi connectivity index (χ1) is 10.2. The third-order valence-electron chi connectivity index (χ3n) is 3.79. The van der Waals surface area contributed by atoms with E-state index in [-0.39, 0.29) is 17.9 Å². The van der Waals surface area contributed by atoms with Crippen molar-refractivity contribution < 1.29 is 14.6 Å². The van der Waals surface area contributed by atoms with Gasteiger partial charge in [-0.3, -0.25) is 9.78 Å². The minimum atomic E-state index is -0.240. The number of aliphatic hydroxyl groups excluding tert-OH is 1. The second-order valence-corrected chi connectivity index (χ2v) is 5.31. The number of ether oxygens (including phenoxy) is 1. The molecule has 0 aliphatic heterocycles. The molecule has 1 aliphatic rings. The molecule has 0 saturated heterocycles. The summed E-state index contributed by atoms with van der Waals surface area (Å²) >= 11 is 0. The van der Waals surface area contributed by atoms with Crippen molar-refractivity contribution in [3.8, 4) is 11.8 Å². The lowest BCUT2D eigenvalue weighted by Gasteiger charge is -2.15. The number of rotatable bonds is 6. The van der Waals surface area contributed by atoms with Crippen LogP contribution in [0.4, 0.5) is 0 Å². The number of carbonyl (C=O) groups is 1. The van der Waals surface area contributed by atoms with Crippen LogP contribution in [0.5, 0.6) is 0 Å². The van der Waals surface area contributed by atoms with Gasteiger partial charge in [0, 0.05) is 32.7 Å². The lowest BCUT2D eigenvalue weighted by atomic mass is 10.0. The van der Waals surface area contributed by atoms with Gasteiger partial charge in [0.15, 0.2) is 0 Å². The number of hydrogen-bond acceptors (Lipinski definition) is 4. The smallest absolute Gasteiger partial charge is 0.252 e. The van der Waals surface area contributed by atoms with Gasteiger partial charge in [-0.15, -0.1) is 0 Å². The second-order valence-electron chi connectivity index (χ2n) is 5.31. The molecule has 2 N–H and O–H groups in total. The molecule has 21 heavy (non-hydrogen) atoms. The molecule has 0 radical (unpaired) electrons. The largest absolute Gasteiger partial charge is 0.385 e. The molecule has 1 heterocycles. The zero-order valence-electron chi connectivity index (χ0n) is 12.2. The highest BCUT2D eigenvalue weighted by Crippen LogP contribution is 2.48. The molecule has 0 bridgehead atoms. The predicted octanol–water partition coefficient (Wildman–Crippen LogP) is 0.972. The Labute approximate surface area is 124 Å². The molecule has 2 rings (SSSR count). The fourth-order valence-electron chi connectivity index (χ4n) is 2.20. The van der Waals surface area contributed by atoms with Crippen LogP contribution in [-0.2, 0) is 4.74 Å². The molecule has 112 valence electrons. The van der Waals surface area contributed by atoms with Crippen molar-refractivity contribution in [3.05, 3.63) is 29.6 Å². The molecule has 0 aromatic carbocycles. The molecular weight excluding hydrogens is 268 g/mol. The molecule has 5 nitrogen and oxygen atoms in total. The average Bonchev–Trinajstić information content (AvgIpc) is 3.29. The number of aliphatic hydroxyl groups is 1. The first-order valence-electron chi connectivity index (χ1n) is 7.02. The van der Waals surface area contributed by atoms with Gasteiger partial charge in [0.2, 0.25) is 0 Å². The summed E-state index contributed by atoms with van der Waals surface area (Å²) in [5.74, 6) is 5.14. The Kier molecular flexibility index (Phi) is 5.32. The summed E-state index contributed by atoms with van der Waals surface area (Å²) < 4.78 is 5.11. The van der Waals surface area contributed by atoms with Crippen LogP contribution >= 0.6 is 0 Å². The highest BCUT2D eigenvalue weighted by Gasteiger charge is 2.42. The molecule has 0 unspecified atom stereocenters. The first-order valence-corrected chi connectivity index (χ1v) is 7.02. The normalized spacial score (nSPS) is 15.0. The number of pyridine rings is 1. The Morgan fingerprint density at radius 1 is 1.57 bits per heavy atom. The van der Waals surface area contributed by atoms with E-state index in [0.717, 1.165) is 25.9 Å². The van der Waals surface area contributed by atoms with E-state index in [4.69, 9.17) is 9.84 Å². The average molecular weight is 288 g/mol. The topological polar surface area (TPSA) is 71.5 Å². The maximum absolute atomic E-state index is 12.3. The van der Waals surface area contributed by atoms with Crippen LogP contribution in [0.15, 0.2) is 18.5 Å². The Balaban J connectivity index is 1.98. The monoisotopic (exact) mass is 288 g/mol. The van der Waals surface area contributed by atoms with Crippen LogP contribution in [-0.4, -0.2) is 42.9 Å². The van der Waals surface area contributed by atoms with Crippen LogP contribution in [0.1, 0.15) is 35.2 Å². The van der Waals surface area contributed by atoms with Gasteiger partial charge in [0.05, 0.1) is 11.1 Å². The quantitative estimate of drug-likeness (QED) is 0.765. The number of carbonyl (C=O) groups excluding carboxylic acids is 1. The van der Waals surface area contributed by atoms with Crippen LogP contribution in [0.2, 0.25) is 0 Å². The third-order valence-corrected chi connectivity index (χ3v) is 3.79. The van der Waals surface area contributed by atoms with Crippen molar-refractivity contribution in [2.75, 3.05) is 26.9 Å². The van der Waals surface area contributed by atoms with Crippen molar-refractivity contribution >= 4 is 5.91 Å². The summed E-state index contributed by atoms with van der Waals surface area (Å²) in [6.45, 7) is 1.14. The van der Waals surface area contributed by atoms with Crippen LogP contribution in [0, 0.1) is 17.3 Å². The van der Waals surface area contributed by atoms with Crippen molar-refractivity contribution in [2.45, 2.75) is 19.3 Å². The van der Waals surface area contributed by atoms with E-state index in [0.29, 0.717) is 17.7 Å². The van der Waals surface area contributed by atoms with E-state index < -0.39 is 0 Å². The van der Waals surface area contributed by atoms with Gasteiger partial charge in [-0.1, -0.05) is 11.8 Å². The van der Waals surface area contributed by atoms with Crippen LogP contribution < -0.4 is 5.32 Å². The minimum absolute atomic E-state index is 0.150. The van der Waals surface area contributed by atoms with Crippen molar-refractivity contribution in [3.63, 3.8) is 0 Å². The molecule has 1 fully saturated rings. The Bertz CT molecular complexity index is 556. The van der Waals surface area contributed by atoms with Crippen molar-refractivity contribution in [2.24, 2.45) is 5.41 Å². The Morgan fingerprint density at radius 3 is 3.05 bits per heavy atom. The Hall–Kier alpha value is -1.90. The predicted molar refractivity (Wildman–Crippen MR) is 78.7 cm³/mol. The molecule has 1 aromatic heterocycles. The number of amides is 1. The molecule has 1 aliphatic carbocycles. The maximum atomic E-state index is 12.3. The van der Waals surface area contributed by atoms with E-state index in [9.17, 15) is 4.79 Å². The highest BCUT2D eigenvalue weighted by atomic mass is 16.5. The van der Waals surface area contributed by atoms with Gasteiger partial charge in [-0.2, -0.15) is 0 Å². The maximum Gasteiger partial charge on any atom is 0.252 e. The van der Waals surface area contributed by atoms with Gasteiger partial charge < -0.3 is 15.2 Å². The molecule has 1 amide bonds. The van der Waals surface area contributed by atoms with Crippen LogP contribution in [0.25, 0.3) is 0 Å². The van der Waals surface area contributed by atoms with Crippen molar-refractivity contribution in [1.82, 2.24) is 10.3 Å². The molecular formula is C16H20N2O3. The van der Waals surface area contributed by atoms with E-state index in [1.807, 2.05) is 0 Å². The van der Waals surface area contributed by atoms with Gasteiger partial charge >= 0.3 is 0 Å². The highest BCUT2D eigenvalue weighted by molar-refractivity contribution is 5.96. The summed E-state index contributed by atoms with van der Waals surface area (Å²) in [5, 5.41) is 11.7. The van der Waals surface area contributed by atoms with Gasteiger partial charge in [-0.25, -0.2) is 0 Å². The molecule has 0 atom stereocenters. The Morgan fingerprint density at radius 2 is 2.38 bits per heavy atom. The molecule has 1 saturated carbocycles. The fourth-order valence-corrected chi connectivity index (χ4v) is 2.20.